The molecular weight excluding hydrogens is 216 g/mol. The Morgan fingerprint density at radius 3 is 2.82 bits per heavy atom. The van der Waals surface area contributed by atoms with Crippen molar-refractivity contribution in [3.05, 3.63) is 29.2 Å². The van der Waals surface area contributed by atoms with Crippen molar-refractivity contribution in [1.82, 2.24) is 4.98 Å². The Morgan fingerprint density at radius 2 is 2.18 bits per heavy atom. The maximum absolute atomic E-state index is 5.74. The summed E-state index contributed by atoms with van der Waals surface area (Å²) in [7, 11) is 1.65. The molecule has 1 aromatic heterocycles. The second kappa shape index (κ2) is 4.85. The van der Waals surface area contributed by atoms with Crippen LogP contribution in [0.5, 0.6) is 0 Å². The first-order valence-corrected chi connectivity index (χ1v) is 5.73. The molecule has 0 bridgehead atoms. The zero-order chi connectivity index (χ0) is 12.4. The lowest BCUT2D eigenvalue weighted by molar-refractivity contribution is 0.104. The van der Waals surface area contributed by atoms with Crippen LogP contribution >= 0.6 is 0 Å². The average Bonchev–Trinajstić information content (AvgIpc) is 2.68. The number of nitrogens with two attached hydrogens (primary N) is 1. The molecule has 17 heavy (non-hydrogen) atoms. The van der Waals surface area contributed by atoms with Gasteiger partial charge in [-0.1, -0.05) is 6.07 Å². The van der Waals surface area contributed by atoms with E-state index in [1.54, 1.807) is 7.11 Å². The number of fused-ring (bicyclic) bond motifs is 1. The molecule has 0 saturated heterocycles. The van der Waals surface area contributed by atoms with Gasteiger partial charge in [0.05, 0.1) is 12.5 Å². The Bertz CT molecular complexity index is 515. The van der Waals surface area contributed by atoms with Crippen molar-refractivity contribution in [2.45, 2.75) is 26.4 Å². The number of oxazole rings is 1. The van der Waals surface area contributed by atoms with E-state index in [4.69, 9.17) is 14.9 Å². The molecule has 4 nitrogen and oxygen atoms in total. The molecule has 1 aromatic carbocycles. The van der Waals surface area contributed by atoms with Gasteiger partial charge in [0.25, 0.3) is 0 Å². The zero-order valence-corrected chi connectivity index (χ0v) is 10.5. The van der Waals surface area contributed by atoms with Crippen LogP contribution < -0.4 is 5.73 Å². The Balaban J connectivity index is 2.34. The Morgan fingerprint density at radius 1 is 1.41 bits per heavy atom. The lowest BCUT2D eigenvalue weighted by Crippen LogP contribution is -2.24. The fraction of sp³-hybridized carbons (Fsp3) is 0.462. The first kappa shape index (κ1) is 12.1. The van der Waals surface area contributed by atoms with Crippen LogP contribution in [0.15, 0.2) is 16.5 Å². The monoisotopic (exact) mass is 234 g/mol. The molecule has 4 heteroatoms. The number of nitrogens with zero attached hydrogens (tertiary/aromatic N) is 1. The first-order chi connectivity index (χ1) is 8.13. The fourth-order valence-electron chi connectivity index (χ4n) is 1.97. The summed E-state index contributed by atoms with van der Waals surface area (Å²) >= 11 is 0. The van der Waals surface area contributed by atoms with Gasteiger partial charge in [0.1, 0.15) is 5.52 Å². The van der Waals surface area contributed by atoms with Crippen molar-refractivity contribution in [2.24, 2.45) is 5.73 Å². The molecule has 2 aromatic rings. The number of benzene rings is 1. The number of ether oxygens (including phenoxy) is 1. The van der Waals surface area contributed by atoms with Gasteiger partial charge in [0.15, 0.2) is 11.5 Å². The Hall–Kier alpha value is -1.39. The van der Waals surface area contributed by atoms with Gasteiger partial charge >= 0.3 is 0 Å². The van der Waals surface area contributed by atoms with Gasteiger partial charge in [-0.3, -0.25) is 0 Å². The quantitative estimate of drug-likeness (QED) is 0.878. The van der Waals surface area contributed by atoms with Crippen molar-refractivity contribution in [3.63, 3.8) is 0 Å². The summed E-state index contributed by atoms with van der Waals surface area (Å²) in [6, 6.07) is 4.12. The van der Waals surface area contributed by atoms with Crippen LogP contribution in [-0.2, 0) is 11.2 Å². The molecule has 0 fully saturated rings. The number of rotatable bonds is 4. The molecule has 2 rings (SSSR count). The third-order valence-electron chi connectivity index (χ3n) is 2.86. The van der Waals surface area contributed by atoms with Gasteiger partial charge in [-0.15, -0.1) is 0 Å². The number of hydrogen-bond donors (Lipinski definition) is 1. The maximum Gasteiger partial charge on any atom is 0.198 e. The van der Waals surface area contributed by atoms with Gasteiger partial charge in [-0.25, -0.2) is 4.98 Å². The van der Waals surface area contributed by atoms with Crippen LogP contribution in [-0.4, -0.2) is 24.7 Å². The van der Waals surface area contributed by atoms with Crippen molar-refractivity contribution < 1.29 is 9.15 Å². The maximum atomic E-state index is 5.74. The van der Waals surface area contributed by atoms with Crippen molar-refractivity contribution >= 4 is 11.1 Å². The molecule has 0 aliphatic carbocycles. The zero-order valence-electron chi connectivity index (χ0n) is 10.5. The first-order valence-electron chi connectivity index (χ1n) is 5.73. The van der Waals surface area contributed by atoms with E-state index in [1.807, 2.05) is 13.0 Å². The van der Waals surface area contributed by atoms with Crippen LogP contribution in [0.2, 0.25) is 0 Å². The predicted molar refractivity (Wildman–Crippen MR) is 67.0 cm³/mol. The summed E-state index contributed by atoms with van der Waals surface area (Å²) in [5, 5.41) is 0. The van der Waals surface area contributed by atoms with Crippen molar-refractivity contribution in [2.75, 3.05) is 13.7 Å². The molecule has 92 valence electrons. The molecule has 0 radical (unpaired) electrons. The van der Waals surface area contributed by atoms with Crippen LogP contribution in [0, 0.1) is 13.8 Å². The summed E-state index contributed by atoms with van der Waals surface area (Å²) in [6.07, 6.45) is 0.574. The van der Waals surface area contributed by atoms with Gasteiger partial charge in [0.2, 0.25) is 0 Å². The van der Waals surface area contributed by atoms with E-state index in [0.717, 1.165) is 16.7 Å². The number of hydrogen-bond acceptors (Lipinski definition) is 4. The van der Waals surface area contributed by atoms with Gasteiger partial charge in [-0.05, 0) is 31.0 Å². The van der Waals surface area contributed by atoms with Crippen molar-refractivity contribution in [1.29, 1.82) is 0 Å². The summed E-state index contributed by atoms with van der Waals surface area (Å²) in [5.74, 6) is 0.686. The minimum atomic E-state index is -0.0375. The van der Waals surface area contributed by atoms with E-state index in [0.29, 0.717) is 18.9 Å². The lowest BCUT2D eigenvalue weighted by atomic mass is 10.1. The Kier molecular flexibility index (Phi) is 3.45. The summed E-state index contributed by atoms with van der Waals surface area (Å²) < 4.78 is 11.0. The average molecular weight is 234 g/mol. The molecule has 0 aliphatic heterocycles. The SMILES string of the molecule is COC(CN)Cc1nc2cc(C)cc(C)c2o1. The lowest BCUT2D eigenvalue weighted by Gasteiger charge is -2.09. The largest absolute Gasteiger partial charge is 0.440 e. The van der Waals surface area contributed by atoms with Crippen molar-refractivity contribution in [3.8, 4) is 0 Å². The van der Waals surface area contributed by atoms with Crippen LogP contribution in [0.4, 0.5) is 0 Å². The molecule has 1 atom stereocenters. The predicted octanol–water partition coefficient (Wildman–Crippen LogP) is 1.96. The highest BCUT2D eigenvalue weighted by atomic mass is 16.5. The third-order valence-corrected chi connectivity index (χ3v) is 2.86. The van der Waals surface area contributed by atoms with E-state index in [9.17, 15) is 0 Å². The minimum absolute atomic E-state index is 0.0375. The second-order valence-electron chi connectivity index (χ2n) is 4.34. The van der Waals surface area contributed by atoms with Gasteiger partial charge in [-0.2, -0.15) is 0 Å². The molecule has 0 spiro atoms. The highest BCUT2D eigenvalue weighted by Crippen LogP contribution is 2.22. The smallest absolute Gasteiger partial charge is 0.198 e. The molecule has 0 aliphatic rings. The van der Waals surface area contributed by atoms with E-state index in [2.05, 4.69) is 18.0 Å². The van der Waals surface area contributed by atoms with Crippen LogP contribution in [0.25, 0.3) is 11.1 Å². The summed E-state index contributed by atoms with van der Waals surface area (Å²) in [5.41, 5.74) is 9.65. The molecular formula is C13H18N2O2. The second-order valence-corrected chi connectivity index (χ2v) is 4.34. The number of methoxy groups -OCH3 is 1. The van der Waals surface area contributed by atoms with Crippen LogP contribution in [0.3, 0.4) is 0 Å². The molecule has 1 unspecified atom stereocenters. The number of aromatic nitrogens is 1. The highest BCUT2D eigenvalue weighted by Gasteiger charge is 2.13. The van der Waals surface area contributed by atoms with E-state index in [1.165, 1.54) is 5.56 Å². The summed E-state index contributed by atoms with van der Waals surface area (Å²) in [4.78, 5) is 4.47. The van der Waals surface area contributed by atoms with E-state index in [-0.39, 0.29) is 6.10 Å². The topological polar surface area (TPSA) is 61.3 Å². The van der Waals surface area contributed by atoms with E-state index >= 15 is 0 Å². The van der Waals surface area contributed by atoms with E-state index < -0.39 is 0 Å². The highest BCUT2D eigenvalue weighted by molar-refractivity contribution is 5.77. The standard InChI is InChI=1S/C13H18N2O2/c1-8-4-9(2)13-11(5-8)15-12(17-13)6-10(7-14)16-3/h4-5,10H,6-7,14H2,1-3H3. The van der Waals surface area contributed by atoms with Crippen LogP contribution in [0.1, 0.15) is 17.0 Å². The molecule has 1 heterocycles. The molecule has 0 saturated carbocycles. The fourth-order valence-corrected chi connectivity index (χ4v) is 1.97. The van der Waals surface area contributed by atoms with Gasteiger partial charge < -0.3 is 14.9 Å². The minimum Gasteiger partial charge on any atom is -0.440 e. The Labute approximate surface area is 101 Å². The molecule has 0 amide bonds. The summed E-state index contributed by atoms with van der Waals surface area (Å²) in [6.45, 7) is 4.55. The molecule has 2 N–H and O–H groups in total. The van der Waals surface area contributed by atoms with Gasteiger partial charge in [0, 0.05) is 13.7 Å². The normalized spacial score (nSPS) is 13.2. The third kappa shape index (κ3) is 2.48. The number of aryl methyl sites for hydroxylation is 2.